The minimum Gasteiger partial charge on any atom is -0.466 e. The van der Waals surface area contributed by atoms with Crippen LogP contribution in [0.15, 0.2) is 0 Å². The monoisotopic (exact) mass is 187 g/mol. The quantitative estimate of drug-likeness (QED) is 0.681. The topological polar surface area (TPSA) is 52.3 Å². The molecule has 3 heteroatoms. The van der Waals surface area contributed by atoms with E-state index in [4.69, 9.17) is 10.5 Å². The first kappa shape index (κ1) is 12.4. The maximum absolute atomic E-state index is 11.2. The van der Waals surface area contributed by atoms with Crippen molar-refractivity contribution in [1.29, 1.82) is 0 Å². The summed E-state index contributed by atoms with van der Waals surface area (Å²) in [6, 6.07) is -0.128. The first-order valence-electron chi connectivity index (χ1n) is 4.79. The predicted molar refractivity (Wildman–Crippen MR) is 53.3 cm³/mol. The second-order valence-electron chi connectivity index (χ2n) is 4.40. The van der Waals surface area contributed by atoms with E-state index < -0.39 is 0 Å². The van der Waals surface area contributed by atoms with Gasteiger partial charge in [0, 0.05) is 6.04 Å². The van der Waals surface area contributed by atoms with Crippen molar-refractivity contribution in [3.8, 4) is 0 Å². The van der Waals surface area contributed by atoms with Crippen molar-refractivity contribution in [1.82, 2.24) is 0 Å². The molecule has 1 atom stereocenters. The Balaban J connectivity index is 3.79. The molecule has 0 rings (SSSR count). The van der Waals surface area contributed by atoms with Gasteiger partial charge in [0.1, 0.15) is 0 Å². The summed E-state index contributed by atoms with van der Waals surface area (Å²) >= 11 is 0. The molecule has 78 valence electrons. The fourth-order valence-electron chi connectivity index (χ4n) is 0.761. The molecule has 0 aromatic heterocycles. The minimum atomic E-state index is -0.190. The van der Waals surface area contributed by atoms with Crippen molar-refractivity contribution in [3.05, 3.63) is 0 Å². The Labute approximate surface area is 80.6 Å². The molecule has 0 fully saturated rings. The molecule has 0 aromatic carbocycles. The second kappa shape index (κ2) is 5.22. The third-order valence-electron chi connectivity index (χ3n) is 1.97. The molecule has 0 aromatic rings. The normalized spacial score (nSPS) is 13.9. The molecule has 0 saturated carbocycles. The van der Waals surface area contributed by atoms with Crippen molar-refractivity contribution in [2.24, 2.45) is 11.1 Å². The molecule has 0 amide bonds. The average molecular weight is 187 g/mol. The number of hydrogen-bond donors (Lipinski definition) is 1. The van der Waals surface area contributed by atoms with Gasteiger partial charge in [0.05, 0.1) is 13.0 Å². The number of carbonyl (C=O) groups is 1. The van der Waals surface area contributed by atoms with Gasteiger partial charge in [0.15, 0.2) is 0 Å². The molecule has 0 aliphatic heterocycles. The van der Waals surface area contributed by atoms with Crippen LogP contribution in [0.4, 0.5) is 0 Å². The van der Waals surface area contributed by atoms with Gasteiger partial charge in [0.2, 0.25) is 0 Å². The lowest BCUT2D eigenvalue weighted by molar-refractivity contribution is -0.144. The maximum Gasteiger partial charge on any atom is 0.307 e. The standard InChI is InChI=1S/C10H21NO2/c1-5-6-13-9(12)7-8(11)10(2,3)4/h8H,5-7,11H2,1-4H3. The largest absolute Gasteiger partial charge is 0.466 e. The van der Waals surface area contributed by atoms with E-state index >= 15 is 0 Å². The summed E-state index contributed by atoms with van der Waals surface area (Å²) < 4.78 is 4.94. The Morgan fingerprint density at radius 1 is 1.46 bits per heavy atom. The van der Waals surface area contributed by atoms with Crippen LogP contribution in [-0.4, -0.2) is 18.6 Å². The van der Waals surface area contributed by atoms with Crippen LogP contribution >= 0.6 is 0 Å². The zero-order valence-corrected chi connectivity index (χ0v) is 9.09. The van der Waals surface area contributed by atoms with Gasteiger partial charge >= 0.3 is 5.97 Å². The van der Waals surface area contributed by atoms with Gasteiger partial charge < -0.3 is 10.5 Å². The summed E-state index contributed by atoms with van der Waals surface area (Å²) in [7, 11) is 0. The van der Waals surface area contributed by atoms with Crippen LogP contribution in [0, 0.1) is 5.41 Å². The number of carbonyl (C=O) groups excluding carboxylic acids is 1. The van der Waals surface area contributed by atoms with E-state index in [0.29, 0.717) is 13.0 Å². The van der Waals surface area contributed by atoms with Gasteiger partial charge in [-0.15, -0.1) is 0 Å². The lowest BCUT2D eigenvalue weighted by Gasteiger charge is -2.25. The predicted octanol–water partition coefficient (Wildman–Crippen LogP) is 1.70. The molecule has 0 heterocycles. The zero-order valence-electron chi connectivity index (χ0n) is 9.09. The summed E-state index contributed by atoms with van der Waals surface area (Å²) in [5.41, 5.74) is 5.79. The molecule has 0 spiro atoms. The van der Waals surface area contributed by atoms with Crippen LogP contribution in [-0.2, 0) is 9.53 Å². The molecule has 3 nitrogen and oxygen atoms in total. The molecule has 0 aliphatic carbocycles. The third-order valence-corrected chi connectivity index (χ3v) is 1.97. The van der Waals surface area contributed by atoms with Crippen molar-refractivity contribution >= 4 is 5.97 Å². The number of hydrogen-bond acceptors (Lipinski definition) is 3. The van der Waals surface area contributed by atoms with Crippen LogP contribution in [0.2, 0.25) is 0 Å². The van der Waals surface area contributed by atoms with Gasteiger partial charge in [-0.2, -0.15) is 0 Å². The van der Waals surface area contributed by atoms with Gasteiger partial charge in [0.25, 0.3) is 0 Å². The van der Waals surface area contributed by atoms with Crippen molar-refractivity contribution in [3.63, 3.8) is 0 Å². The molecule has 1 unspecified atom stereocenters. The highest BCUT2D eigenvalue weighted by Gasteiger charge is 2.23. The Morgan fingerprint density at radius 2 is 2.00 bits per heavy atom. The Hall–Kier alpha value is -0.570. The summed E-state index contributed by atoms with van der Waals surface area (Å²) in [6.07, 6.45) is 1.17. The van der Waals surface area contributed by atoms with Gasteiger partial charge in [-0.1, -0.05) is 27.7 Å². The molecule has 0 radical (unpaired) electrons. The van der Waals surface area contributed by atoms with Crippen molar-refractivity contribution in [2.75, 3.05) is 6.61 Å². The van der Waals surface area contributed by atoms with E-state index in [0.717, 1.165) is 6.42 Å². The Kier molecular flexibility index (Phi) is 4.99. The lowest BCUT2D eigenvalue weighted by atomic mass is 9.85. The van der Waals surface area contributed by atoms with E-state index in [9.17, 15) is 4.79 Å². The summed E-state index contributed by atoms with van der Waals surface area (Å²) in [5.74, 6) is -0.190. The van der Waals surface area contributed by atoms with E-state index in [1.807, 2.05) is 27.7 Å². The fourth-order valence-corrected chi connectivity index (χ4v) is 0.761. The summed E-state index contributed by atoms with van der Waals surface area (Å²) in [6.45, 7) is 8.52. The fraction of sp³-hybridized carbons (Fsp3) is 0.900. The Bertz CT molecular complexity index is 161. The SMILES string of the molecule is CCCOC(=O)CC(N)C(C)(C)C. The van der Waals surface area contributed by atoms with Crippen LogP contribution in [0.1, 0.15) is 40.5 Å². The van der Waals surface area contributed by atoms with Gasteiger partial charge in [-0.05, 0) is 11.8 Å². The molecule has 0 bridgehead atoms. The molecular formula is C10H21NO2. The minimum absolute atomic E-state index is 0.0365. The number of rotatable bonds is 4. The molecule has 2 N–H and O–H groups in total. The third kappa shape index (κ3) is 5.64. The van der Waals surface area contributed by atoms with E-state index in [1.165, 1.54) is 0 Å². The van der Waals surface area contributed by atoms with Crippen molar-refractivity contribution < 1.29 is 9.53 Å². The Morgan fingerprint density at radius 3 is 2.38 bits per heavy atom. The molecular weight excluding hydrogens is 166 g/mol. The number of esters is 1. The second-order valence-corrected chi connectivity index (χ2v) is 4.40. The summed E-state index contributed by atoms with van der Waals surface area (Å²) in [5, 5.41) is 0. The maximum atomic E-state index is 11.2. The molecule has 0 saturated heterocycles. The number of nitrogens with two attached hydrogens (primary N) is 1. The smallest absolute Gasteiger partial charge is 0.307 e. The zero-order chi connectivity index (χ0) is 10.5. The highest BCUT2D eigenvalue weighted by atomic mass is 16.5. The van der Waals surface area contributed by atoms with E-state index in [2.05, 4.69) is 0 Å². The first-order valence-corrected chi connectivity index (χ1v) is 4.79. The van der Waals surface area contributed by atoms with Crippen LogP contribution < -0.4 is 5.73 Å². The van der Waals surface area contributed by atoms with Crippen LogP contribution in [0.25, 0.3) is 0 Å². The van der Waals surface area contributed by atoms with Crippen LogP contribution in [0.5, 0.6) is 0 Å². The van der Waals surface area contributed by atoms with Gasteiger partial charge in [-0.25, -0.2) is 0 Å². The first-order chi connectivity index (χ1) is 5.88. The molecule has 13 heavy (non-hydrogen) atoms. The van der Waals surface area contributed by atoms with Crippen LogP contribution in [0.3, 0.4) is 0 Å². The van der Waals surface area contributed by atoms with Gasteiger partial charge in [-0.3, -0.25) is 4.79 Å². The van der Waals surface area contributed by atoms with E-state index in [1.54, 1.807) is 0 Å². The molecule has 0 aliphatic rings. The highest BCUT2D eigenvalue weighted by Crippen LogP contribution is 2.19. The van der Waals surface area contributed by atoms with Crippen molar-refractivity contribution in [2.45, 2.75) is 46.6 Å². The van der Waals surface area contributed by atoms with E-state index in [-0.39, 0.29) is 17.4 Å². The average Bonchev–Trinajstić information content (AvgIpc) is 1.99. The lowest BCUT2D eigenvalue weighted by Crippen LogP contribution is -2.37. The highest BCUT2D eigenvalue weighted by molar-refractivity contribution is 5.70. The summed E-state index contributed by atoms with van der Waals surface area (Å²) in [4.78, 5) is 11.2. The number of ether oxygens (including phenoxy) is 1.